The molecule has 1 unspecified atom stereocenters. The van der Waals surface area contributed by atoms with Crippen LogP contribution in [-0.4, -0.2) is 175 Å². The minimum absolute atomic E-state index is 0.0150. The fourth-order valence-electron chi connectivity index (χ4n) is 11.3. The van der Waals surface area contributed by atoms with Crippen molar-refractivity contribution < 1.29 is 72.9 Å². The molecule has 3 heterocycles. The zero-order valence-corrected chi connectivity index (χ0v) is 54.3. The van der Waals surface area contributed by atoms with Gasteiger partial charge in [0.25, 0.3) is 0 Å². The number of para-hydroxylation sites is 2. The Morgan fingerprint density at radius 1 is 0.526 bits per heavy atom. The number of carboxylic acids is 2. The summed E-state index contributed by atoms with van der Waals surface area (Å²) in [7, 11) is 0. The zero-order valence-electron chi connectivity index (χ0n) is 54.3. The molecule has 2 aromatic heterocycles. The van der Waals surface area contributed by atoms with Crippen LogP contribution in [0.5, 0.6) is 5.75 Å². The molecule has 0 saturated carbocycles. The first-order valence-electron chi connectivity index (χ1n) is 32.0. The van der Waals surface area contributed by atoms with E-state index in [4.69, 9.17) is 17.2 Å². The van der Waals surface area contributed by atoms with Crippen molar-refractivity contribution in [2.75, 3.05) is 13.1 Å². The fourth-order valence-corrected chi connectivity index (χ4v) is 11.3. The van der Waals surface area contributed by atoms with Gasteiger partial charge in [0.2, 0.25) is 59.1 Å². The number of carboxylic acid groups (broad SMARTS) is 2. The molecule has 0 radical (unpaired) electrons. The SMILES string of the molecule is CC(C)C[C@H](NC(=O)[C@H](CCCN)NC(=O)[C@@H](N)C(C)C)C(=O)N[C@@H](Cc1ccc(O)cc1)C(=O)N1CCC1C(=O)N[C@@H](Cc1c[nH]c2ccccc12)C(=O)N[C@@H](Cc1ccccc1)C(=O)N[C@@H](CC(N)=O)C(=O)N[C@@H](CC(=O)O)C(=O)N[C@@H](Cc1c[nH]c2ccccc12)C(=O)O. The summed E-state index contributed by atoms with van der Waals surface area (Å²) in [6.07, 6.45) is 0.939. The number of amides is 10. The predicted molar refractivity (Wildman–Crippen MR) is 356 cm³/mol. The summed E-state index contributed by atoms with van der Waals surface area (Å²) in [5.74, 6) is -12.8. The zero-order chi connectivity index (χ0) is 70.6. The Kier molecular flexibility index (Phi) is 26.3. The van der Waals surface area contributed by atoms with Gasteiger partial charge in [-0.2, -0.15) is 0 Å². The van der Waals surface area contributed by atoms with Crippen LogP contribution in [0.15, 0.2) is 116 Å². The van der Waals surface area contributed by atoms with Gasteiger partial charge in [-0.25, -0.2) is 4.79 Å². The maximum absolute atomic E-state index is 15.1. The first kappa shape index (κ1) is 73.7. The number of aromatic hydroxyl groups is 1. The lowest BCUT2D eigenvalue weighted by Crippen LogP contribution is -2.65. The Bertz CT molecular complexity index is 3800. The van der Waals surface area contributed by atoms with Crippen molar-refractivity contribution in [2.45, 2.75) is 152 Å². The molecule has 518 valence electrons. The van der Waals surface area contributed by atoms with Gasteiger partial charge in [0, 0.05) is 66.4 Å². The number of aromatic amines is 2. The number of rotatable bonds is 36. The van der Waals surface area contributed by atoms with Crippen LogP contribution >= 0.6 is 0 Å². The second-order valence-corrected chi connectivity index (χ2v) is 24.9. The number of H-pyrrole nitrogens is 2. The molecule has 0 spiro atoms. The highest BCUT2D eigenvalue weighted by atomic mass is 16.4. The largest absolute Gasteiger partial charge is 0.508 e. The van der Waals surface area contributed by atoms with Crippen LogP contribution in [0.1, 0.15) is 88.5 Å². The number of aromatic nitrogens is 2. The standard InChI is InChI=1S/C68H86N14O15/c1-36(2)27-48(75-59(87)47(19-12-25-69)74-66(94)58(71)37(3)4)60(88)80-53(29-39-20-22-42(83)23-21-39)67(95)82-26-24-55(82)65(93)79-50(30-40-34-72-45-17-10-8-15-43(40)45)62(90)76-49(28-38-13-6-5-7-14-38)61(89)77-51(32-56(70)84)63(91)78-52(33-57(85)86)64(92)81-54(68(96)97)31-41-35-73-46-18-11-9-16-44(41)46/h5-11,13-18,20-23,34-37,47-55,58,72-73,83H,12,19,24-33,69,71H2,1-4H3,(H2,70,84)(H,74,94)(H,75,87)(H,76,90)(H,77,89)(H,78,91)(H,79,93)(H,80,88)(H,81,92)(H,85,86)(H,96,97)/t47-,48-,49-,50-,51-,52-,53-,54-,55?,58-/m0/s1. The summed E-state index contributed by atoms with van der Waals surface area (Å²) in [6, 6.07) is 13.7. The van der Waals surface area contributed by atoms with Gasteiger partial charge in [0.15, 0.2) is 0 Å². The number of aliphatic carboxylic acids is 2. The van der Waals surface area contributed by atoms with E-state index in [1.165, 1.54) is 17.0 Å². The minimum Gasteiger partial charge on any atom is -0.508 e. The van der Waals surface area contributed by atoms with E-state index in [1.54, 1.807) is 117 Å². The number of phenolic OH excluding ortho intramolecular Hbond substituents is 1. The third-order valence-electron chi connectivity index (χ3n) is 16.7. The van der Waals surface area contributed by atoms with Gasteiger partial charge >= 0.3 is 11.9 Å². The fraction of sp³-hybridized carbons (Fsp3) is 0.412. The monoisotopic (exact) mass is 1340 g/mol. The summed E-state index contributed by atoms with van der Waals surface area (Å²) in [5.41, 5.74) is 20.9. The van der Waals surface area contributed by atoms with E-state index in [9.17, 15) is 68.1 Å². The number of fused-ring (bicyclic) bond motifs is 2. The number of carbonyl (C=O) groups excluding carboxylic acids is 10. The van der Waals surface area contributed by atoms with E-state index in [1.807, 2.05) is 13.8 Å². The molecule has 1 saturated heterocycles. The maximum atomic E-state index is 15.1. The van der Waals surface area contributed by atoms with Crippen molar-refractivity contribution in [2.24, 2.45) is 29.0 Å². The molecule has 4 aromatic carbocycles. The number of hydrogen-bond donors (Lipinski definition) is 16. The Labute approximate surface area is 558 Å². The van der Waals surface area contributed by atoms with Crippen molar-refractivity contribution in [1.29, 1.82) is 0 Å². The van der Waals surface area contributed by atoms with Crippen LogP contribution in [0.25, 0.3) is 21.8 Å². The first-order chi connectivity index (χ1) is 46.2. The van der Waals surface area contributed by atoms with E-state index >= 15 is 4.79 Å². The molecular weight excluding hydrogens is 1250 g/mol. The summed E-state index contributed by atoms with van der Waals surface area (Å²) in [4.78, 5) is 174. The highest BCUT2D eigenvalue weighted by molar-refractivity contribution is 6.01. The topological polar surface area (TPSA) is 475 Å². The highest BCUT2D eigenvalue weighted by Gasteiger charge is 2.43. The first-order valence-corrected chi connectivity index (χ1v) is 32.0. The van der Waals surface area contributed by atoms with E-state index < -0.39 is 144 Å². The molecule has 29 heteroatoms. The smallest absolute Gasteiger partial charge is 0.326 e. The molecular formula is C68H86N14O15. The van der Waals surface area contributed by atoms with Crippen LogP contribution in [-0.2, 0) is 83.2 Å². The lowest BCUT2D eigenvalue weighted by molar-refractivity contribution is -0.150. The van der Waals surface area contributed by atoms with E-state index in [0.717, 1.165) is 0 Å². The molecule has 0 bridgehead atoms. The second kappa shape index (κ2) is 34.6. The van der Waals surface area contributed by atoms with Crippen LogP contribution in [0.4, 0.5) is 0 Å². The number of phenols is 1. The molecule has 97 heavy (non-hydrogen) atoms. The maximum Gasteiger partial charge on any atom is 0.326 e. The highest BCUT2D eigenvalue weighted by Crippen LogP contribution is 2.25. The quantitative estimate of drug-likeness (QED) is 0.0252. The molecule has 10 amide bonds. The van der Waals surface area contributed by atoms with Gasteiger partial charge in [0.05, 0.1) is 18.9 Å². The average molecular weight is 1340 g/mol. The number of carbonyl (C=O) groups is 12. The molecule has 7 rings (SSSR count). The molecule has 1 fully saturated rings. The van der Waals surface area contributed by atoms with Crippen molar-refractivity contribution in [3.05, 3.63) is 138 Å². The third kappa shape index (κ3) is 20.9. The molecule has 1 aliphatic heterocycles. The van der Waals surface area contributed by atoms with E-state index in [0.29, 0.717) is 50.5 Å². The minimum atomic E-state index is -1.97. The Balaban J connectivity index is 1.13. The number of nitrogens with one attached hydrogen (secondary N) is 10. The summed E-state index contributed by atoms with van der Waals surface area (Å²) in [5, 5.41) is 52.2. The normalized spacial score (nSPS) is 15.6. The summed E-state index contributed by atoms with van der Waals surface area (Å²) in [6.45, 7) is 7.36. The second-order valence-electron chi connectivity index (χ2n) is 24.9. The number of primary amides is 1. The molecule has 6 aromatic rings. The summed E-state index contributed by atoms with van der Waals surface area (Å²) < 4.78 is 0. The van der Waals surface area contributed by atoms with Crippen LogP contribution in [0, 0.1) is 11.8 Å². The molecule has 1 aliphatic rings. The molecule has 29 nitrogen and oxygen atoms in total. The van der Waals surface area contributed by atoms with Gasteiger partial charge in [-0.1, -0.05) is 107 Å². The summed E-state index contributed by atoms with van der Waals surface area (Å²) >= 11 is 0. The van der Waals surface area contributed by atoms with Crippen molar-refractivity contribution >= 4 is 92.8 Å². The van der Waals surface area contributed by atoms with E-state index in [-0.39, 0.29) is 75.6 Å². The number of likely N-dealkylation sites (tertiary alicyclic amines) is 1. The molecule has 19 N–H and O–H groups in total. The van der Waals surface area contributed by atoms with Crippen molar-refractivity contribution in [3.63, 3.8) is 0 Å². The lowest BCUT2D eigenvalue weighted by atomic mass is 9.96. The van der Waals surface area contributed by atoms with Gasteiger partial charge in [-0.05, 0) is 90.6 Å². The van der Waals surface area contributed by atoms with Crippen molar-refractivity contribution in [1.82, 2.24) is 57.4 Å². The van der Waals surface area contributed by atoms with Crippen LogP contribution in [0.3, 0.4) is 0 Å². The number of benzene rings is 4. The van der Waals surface area contributed by atoms with Crippen LogP contribution in [0.2, 0.25) is 0 Å². The number of nitrogens with zero attached hydrogens (tertiary/aromatic N) is 1. The number of nitrogens with two attached hydrogens (primary N) is 3. The van der Waals surface area contributed by atoms with Crippen molar-refractivity contribution in [3.8, 4) is 5.75 Å². The lowest BCUT2D eigenvalue weighted by Gasteiger charge is -2.42. The predicted octanol–water partition coefficient (Wildman–Crippen LogP) is 0.308. The molecule has 10 atom stereocenters. The Hall–Kier alpha value is -10.7. The van der Waals surface area contributed by atoms with Gasteiger partial charge in [0.1, 0.15) is 60.1 Å². The molecule has 0 aliphatic carbocycles. The third-order valence-corrected chi connectivity index (χ3v) is 16.7. The van der Waals surface area contributed by atoms with Gasteiger partial charge < -0.3 is 89.9 Å². The number of hydrogen-bond acceptors (Lipinski definition) is 15. The Morgan fingerprint density at radius 3 is 1.51 bits per heavy atom. The Morgan fingerprint density at radius 2 is 0.979 bits per heavy atom. The van der Waals surface area contributed by atoms with Gasteiger partial charge in [-0.3, -0.25) is 52.7 Å². The average Bonchev–Trinajstić information content (AvgIpc) is 1.48. The van der Waals surface area contributed by atoms with Crippen LogP contribution < -0.4 is 59.7 Å². The van der Waals surface area contributed by atoms with E-state index in [2.05, 4.69) is 52.5 Å². The van der Waals surface area contributed by atoms with Gasteiger partial charge in [-0.15, -0.1) is 0 Å².